The van der Waals surface area contributed by atoms with Crippen LogP contribution in [0.25, 0.3) is 21.5 Å². The zero-order valence-electron chi connectivity index (χ0n) is 15.4. The van der Waals surface area contributed by atoms with Crippen LogP contribution in [0.1, 0.15) is 32.2 Å². The van der Waals surface area contributed by atoms with E-state index in [0.29, 0.717) is 21.2 Å². The molecule has 0 saturated heterocycles. The van der Waals surface area contributed by atoms with E-state index in [0.717, 1.165) is 16.6 Å². The Morgan fingerprint density at radius 1 is 1.17 bits per heavy atom. The number of aromatic nitrogens is 1. The highest BCUT2D eigenvalue weighted by Crippen LogP contribution is 2.37. The summed E-state index contributed by atoms with van der Waals surface area (Å²) in [6.45, 7) is 3.76. The van der Waals surface area contributed by atoms with E-state index in [4.69, 9.17) is 16.0 Å². The quantitative estimate of drug-likeness (QED) is 0.431. The van der Waals surface area contributed by atoms with E-state index in [2.05, 4.69) is 10.3 Å². The second kappa shape index (κ2) is 7.35. The van der Waals surface area contributed by atoms with Crippen molar-refractivity contribution in [2.24, 2.45) is 0 Å². The van der Waals surface area contributed by atoms with Gasteiger partial charge in [-0.05, 0) is 49.2 Å². The lowest BCUT2D eigenvalue weighted by Gasteiger charge is -2.05. The number of hydrogen-bond acceptors (Lipinski definition) is 5. The summed E-state index contributed by atoms with van der Waals surface area (Å²) in [4.78, 5) is 29.4. The van der Waals surface area contributed by atoms with E-state index in [1.807, 2.05) is 19.9 Å². The van der Waals surface area contributed by atoms with Crippen molar-refractivity contribution in [1.29, 1.82) is 0 Å². The van der Waals surface area contributed by atoms with E-state index in [1.54, 1.807) is 35.7 Å². The highest BCUT2D eigenvalue weighted by Gasteiger charge is 2.23. The highest BCUT2D eigenvalue weighted by atomic mass is 35.5. The Bertz CT molecular complexity index is 1260. The topological polar surface area (TPSA) is 92.4 Å². The number of fused-ring (bicyclic) bond motifs is 1. The first kappa shape index (κ1) is 19.2. The molecule has 0 unspecified atom stereocenters. The smallest absolute Gasteiger partial charge is 0.339 e. The molecule has 0 bridgehead atoms. The molecule has 0 spiro atoms. The lowest BCUT2D eigenvalue weighted by atomic mass is 10.1. The molecule has 8 heteroatoms. The van der Waals surface area contributed by atoms with E-state index < -0.39 is 11.9 Å². The van der Waals surface area contributed by atoms with E-state index in [1.165, 1.54) is 11.3 Å². The summed E-state index contributed by atoms with van der Waals surface area (Å²) in [5, 5.41) is 15.3. The Morgan fingerprint density at radius 3 is 2.59 bits per heavy atom. The van der Waals surface area contributed by atoms with Crippen LogP contribution in [0.2, 0.25) is 5.02 Å². The zero-order valence-corrected chi connectivity index (χ0v) is 17.0. The number of pyridine rings is 1. The largest absolute Gasteiger partial charge is 0.478 e. The first-order chi connectivity index (χ1) is 13.8. The standard InChI is InChI=1S/C21H15ClN2O4S/c1-10-7-11(2)23-20-14(10)8-16(28-20)19(25)24-15-9-29-18(17(15)21(26)27)12-3-5-13(22)6-4-12/h3-9H,1-2H3,(H,24,25)(H,26,27). The fourth-order valence-corrected chi connectivity index (χ4v) is 4.23. The molecule has 0 atom stereocenters. The summed E-state index contributed by atoms with van der Waals surface area (Å²) in [6.07, 6.45) is 0. The van der Waals surface area contributed by atoms with Gasteiger partial charge in [0, 0.05) is 21.5 Å². The Balaban J connectivity index is 1.69. The van der Waals surface area contributed by atoms with E-state index in [-0.39, 0.29) is 17.0 Å². The number of nitrogens with one attached hydrogen (secondary N) is 1. The fraction of sp³-hybridized carbons (Fsp3) is 0.0952. The predicted molar refractivity (Wildman–Crippen MR) is 113 cm³/mol. The van der Waals surface area contributed by atoms with Crippen LogP contribution in [-0.4, -0.2) is 22.0 Å². The van der Waals surface area contributed by atoms with Gasteiger partial charge >= 0.3 is 5.97 Å². The van der Waals surface area contributed by atoms with Crippen molar-refractivity contribution in [3.05, 3.63) is 69.4 Å². The number of amides is 1. The number of furan rings is 1. The molecular weight excluding hydrogens is 412 g/mol. The van der Waals surface area contributed by atoms with Crippen molar-refractivity contribution in [3.63, 3.8) is 0 Å². The molecule has 0 aliphatic carbocycles. The van der Waals surface area contributed by atoms with Gasteiger partial charge in [-0.1, -0.05) is 23.7 Å². The van der Waals surface area contributed by atoms with Gasteiger partial charge in [0.2, 0.25) is 5.71 Å². The lowest BCUT2D eigenvalue weighted by Crippen LogP contribution is -2.13. The first-order valence-corrected chi connectivity index (χ1v) is 9.89. The van der Waals surface area contributed by atoms with Gasteiger partial charge in [-0.15, -0.1) is 11.3 Å². The SMILES string of the molecule is Cc1cc(C)c2cc(C(=O)Nc3csc(-c4ccc(Cl)cc4)c3C(=O)O)oc2n1. The van der Waals surface area contributed by atoms with Crippen LogP contribution in [-0.2, 0) is 0 Å². The Morgan fingerprint density at radius 2 is 1.90 bits per heavy atom. The highest BCUT2D eigenvalue weighted by molar-refractivity contribution is 7.14. The van der Waals surface area contributed by atoms with E-state index in [9.17, 15) is 14.7 Å². The number of hydrogen-bond donors (Lipinski definition) is 2. The molecule has 2 N–H and O–H groups in total. The molecule has 3 heterocycles. The number of nitrogens with zero attached hydrogens (tertiary/aromatic N) is 1. The van der Waals surface area contributed by atoms with Crippen molar-refractivity contribution in [1.82, 2.24) is 4.98 Å². The predicted octanol–water partition coefficient (Wildman–Crippen LogP) is 5.78. The Labute approximate surface area is 174 Å². The number of carbonyl (C=O) groups excluding carboxylic acids is 1. The normalized spacial score (nSPS) is 11.0. The molecule has 3 aromatic heterocycles. The molecule has 0 saturated carbocycles. The monoisotopic (exact) mass is 426 g/mol. The van der Waals surface area contributed by atoms with Gasteiger partial charge < -0.3 is 14.8 Å². The number of anilines is 1. The minimum atomic E-state index is -1.13. The Kier molecular flexibility index (Phi) is 4.86. The van der Waals surface area contributed by atoms with Crippen LogP contribution in [0, 0.1) is 13.8 Å². The number of carbonyl (C=O) groups is 2. The number of carboxylic acids is 1. The minimum Gasteiger partial charge on any atom is -0.478 e. The van der Waals surface area contributed by atoms with Crippen molar-refractivity contribution in [3.8, 4) is 10.4 Å². The molecule has 0 aliphatic heterocycles. The molecule has 29 heavy (non-hydrogen) atoms. The molecule has 6 nitrogen and oxygen atoms in total. The van der Waals surface area contributed by atoms with Crippen LogP contribution < -0.4 is 5.32 Å². The van der Waals surface area contributed by atoms with Gasteiger partial charge in [-0.25, -0.2) is 9.78 Å². The molecule has 0 aliphatic rings. The molecule has 1 aromatic carbocycles. The summed E-state index contributed by atoms with van der Waals surface area (Å²) in [7, 11) is 0. The number of carboxylic acid groups (broad SMARTS) is 1. The number of aryl methyl sites for hydroxylation is 2. The Hall–Kier alpha value is -3.16. The number of rotatable bonds is 4. The van der Waals surface area contributed by atoms with Crippen molar-refractivity contribution in [2.45, 2.75) is 13.8 Å². The number of benzene rings is 1. The molecule has 0 radical (unpaired) electrons. The molecule has 0 fully saturated rings. The average Bonchev–Trinajstić information content (AvgIpc) is 3.27. The third kappa shape index (κ3) is 3.62. The van der Waals surface area contributed by atoms with Gasteiger partial charge in [-0.2, -0.15) is 0 Å². The maximum absolute atomic E-state index is 12.7. The third-order valence-electron chi connectivity index (χ3n) is 4.42. The van der Waals surface area contributed by atoms with Gasteiger partial charge in [0.15, 0.2) is 5.76 Å². The van der Waals surface area contributed by atoms with Crippen LogP contribution in [0.15, 0.2) is 46.2 Å². The summed E-state index contributed by atoms with van der Waals surface area (Å²) >= 11 is 7.14. The van der Waals surface area contributed by atoms with Gasteiger partial charge in [-0.3, -0.25) is 4.79 Å². The van der Waals surface area contributed by atoms with Crippen LogP contribution in [0.3, 0.4) is 0 Å². The average molecular weight is 427 g/mol. The van der Waals surface area contributed by atoms with Gasteiger partial charge in [0.25, 0.3) is 5.91 Å². The van der Waals surface area contributed by atoms with Crippen LogP contribution >= 0.6 is 22.9 Å². The second-order valence-electron chi connectivity index (χ2n) is 6.53. The minimum absolute atomic E-state index is 0.0203. The fourth-order valence-electron chi connectivity index (χ4n) is 3.10. The molecule has 4 aromatic rings. The number of halogens is 1. The molecule has 4 rings (SSSR count). The molecule has 146 valence electrons. The summed E-state index contributed by atoms with van der Waals surface area (Å²) in [5.74, 6) is -1.61. The zero-order chi connectivity index (χ0) is 20.7. The van der Waals surface area contributed by atoms with Crippen LogP contribution in [0.5, 0.6) is 0 Å². The lowest BCUT2D eigenvalue weighted by molar-refractivity contribution is 0.0699. The third-order valence-corrected chi connectivity index (χ3v) is 5.70. The van der Waals surface area contributed by atoms with Gasteiger partial charge in [0.05, 0.1) is 10.6 Å². The molecule has 1 amide bonds. The maximum Gasteiger partial charge on any atom is 0.339 e. The van der Waals surface area contributed by atoms with Crippen molar-refractivity contribution < 1.29 is 19.1 Å². The maximum atomic E-state index is 12.7. The van der Waals surface area contributed by atoms with Crippen molar-refractivity contribution in [2.75, 3.05) is 5.32 Å². The summed E-state index contributed by atoms with van der Waals surface area (Å²) < 4.78 is 5.59. The molecular formula is C21H15ClN2O4S. The first-order valence-electron chi connectivity index (χ1n) is 8.63. The summed E-state index contributed by atoms with van der Waals surface area (Å²) in [6, 6.07) is 10.4. The van der Waals surface area contributed by atoms with Crippen molar-refractivity contribution >= 4 is 51.6 Å². The van der Waals surface area contributed by atoms with Gasteiger partial charge in [0.1, 0.15) is 5.56 Å². The van der Waals surface area contributed by atoms with E-state index >= 15 is 0 Å². The second-order valence-corrected chi connectivity index (χ2v) is 7.85. The number of aromatic carboxylic acids is 1. The summed E-state index contributed by atoms with van der Waals surface area (Å²) in [5.41, 5.74) is 3.04. The van der Waals surface area contributed by atoms with Crippen LogP contribution in [0.4, 0.5) is 5.69 Å². The number of thiophene rings is 1.